The number of nitrogens with two attached hydrogens (primary N) is 1. The van der Waals surface area contributed by atoms with E-state index in [1.807, 2.05) is 37.3 Å². The fourth-order valence-corrected chi connectivity index (χ4v) is 4.43. The molecule has 180 valence electrons. The number of primary amides is 1. The summed E-state index contributed by atoms with van der Waals surface area (Å²) in [5.41, 5.74) is 9.57. The Labute approximate surface area is 199 Å². The zero-order valence-corrected chi connectivity index (χ0v) is 19.7. The van der Waals surface area contributed by atoms with Gasteiger partial charge in [-0.1, -0.05) is 12.1 Å². The van der Waals surface area contributed by atoms with E-state index in [1.165, 1.54) is 12.6 Å². The van der Waals surface area contributed by atoms with Gasteiger partial charge in [0.25, 0.3) is 5.91 Å². The minimum Gasteiger partial charge on any atom is -0.493 e. The summed E-state index contributed by atoms with van der Waals surface area (Å²) < 4.78 is 11.7. The summed E-state index contributed by atoms with van der Waals surface area (Å²) in [5.74, 6) is 1.30. The number of aliphatic hydroxyl groups is 1. The molecule has 2 heterocycles. The maximum absolute atomic E-state index is 12.2. The van der Waals surface area contributed by atoms with E-state index in [9.17, 15) is 9.90 Å². The van der Waals surface area contributed by atoms with Crippen molar-refractivity contribution >= 4 is 28.2 Å². The van der Waals surface area contributed by atoms with E-state index >= 15 is 0 Å². The van der Waals surface area contributed by atoms with Crippen LogP contribution < -0.4 is 25.8 Å². The Bertz CT molecular complexity index is 1180. The smallest absolute Gasteiger partial charge is 0.252 e. The van der Waals surface area contributed by atoms with Gasteiger partial charge >= 0.3 is 0 Å². The van der Waals surface area contributed by atoms with Crippen LogP contribution in [-0.2, 0) is 6.61 Å². The molecule has 3 aromatic rings. The Morgan fingerprint density at radius 3 is 2.88 bits per heavy atom. The molecule has 8 heteroatoms. The average molecular weight is 465 g/mol. The van der Waals surface area contributed by atoms with Crippen LogP contribution in [0, 0.1) is 12.8 Å². The molecule has 0 spiro atoms. The number of hydrogen-bond acceptors (Lipinski definition) is 7. The molecular weight excluding hydrogens is 432 g/mol. The van der Waals surface area contributed by atoms with Crippen LogP contribution in [-0.4, -0.2) is 42.8 Å². The molecule has 0 saturated carbocycles. The van der Waals surface area contributed by atoms with Crippen molar-refractivity contribution in [2.75, 3.05) is 32.1 Å². The topological polar surface area (TPSA) is 119 Å². The van der Waals surface area contributed by atoms with E-state index in [0.717, 1.165) is 48.7 Å². The minimum atomic E-state index is -0.589. The lowest BCUT2D eigenvalue weighted by atomic mass is 10.0. The Kier molecular flexibility index (Phi) is 7.49. The summed E-state index contributed by atoms with van der Waals surface area (Å²) in [4.78, 5) is 16.7. The maximum atomic E-state index is 12.2. The van der Waals surface area contributed by atoms with Crippen molar-refractivity contribution in [2.45, 2.75) is 32.8 Å². The number of carbonyl (C=O) groups is 1. The molecule has 0 radical (unpaired) electrons. The highest BCUT2D eigenvalue weighted by molar-refractivity contribution is 6.08. The van der Waals surface area contributed by atoms with Crippen molar-refractivity contribution in [1.29, 1.82) is 0 Å². The van der Waals surface area contributed by atoms with Crippen LogP contribution in [0.5, 0.6) is 11.5 Å². The van der Waals surface area contributed by atoms with Gasteiger partial charge in [0, 0.05) is 23.3 Å². The van der Waals surface area contributed by atoms with Gasteiger partial charge in [0.05, 0.1) is 37.1 Å². The molecule has 1 amide bonds. The van der Waals surface area contributed by atoms with Gasteiger partial charge in [-0.05, 0) is 68.5 Å². The number of aliphatic hydroxyl groups excluding tert-OH is 1. The van der Waals surface area contributed by atoms with E-state index in [4.69, 9.17) is 15.2 Å². The Morgan fingerprint density at radius 1 is 1.32 bits per heavy atom. The number of aromatic nitrogens is 1. The van der Waals surface area contributed by atoms with E-state index in [0.29, 0.717) is 34.7 Å². The van der Waals surface area contributed by atoms with Crippen LogP contribution >= 0.6 is 0 Å². The summed E-state index contributed by atoms with van der Waals surface area (Å²) >= 11 is 0. The average Bonchev–Trinajstić information content (AvgIpc) is 3.36. The van der Waals surface area contributed by atoms with Crippen molar-refractivity contribution in [3.63, 3.8) is 0 Å². The van der Waals surface area contributed by atoms with E-state index in [-0.39, 0.29) is 12.2 Å². The summed E-state index contributed by atoms with van der Waals surface area (Å²) in [6, 6.07) is 9.25. The molecule has 1 saturated heterocycles. The number of ether oxygens (including phenoxy) is 2. The number of carbonyl (C=O) groups excluding carboxylic acids is 1. The van der Waals surface area contributed by atoms with Crippen molar-refractivity contribution in [2.24, 2.45) is 11.7 Å². The van der Waals surface area contributed by atoms with Gasteiger partial charge in [-0.15, -0.1) is 0 Å². The molecule has 2 aromatic carbocycles. The quantitative estimate of drug-likeness (QED) is 0.338. The molecule has 8 nitrogen and oxygen atoms in total. The van der Waals surface area contributed by atoms with Crippen LogP contribution in [0.1, 0.15) is 40.7 Å². The highest BCUT2D eigenvalue weighted by atomic mass is 16.5. The zero-order valence-electron chi connectivity index (χ0n) is 19.7. The number of hydrogen-bond donors (Lipinski definition) is 4. The second kappa shape index (κ2) is 10.7. The van der Waals surface area contributed by atoms with E-state index in [1.54, 1.807) is 7.11 Å². The molecule has 0 bridgehead atoms. The van der Waals surface area contributed by atoms with Gasteiger partial charge in [-0.3, -0.25) is 9.78 Å². The number of benzene rings is 2. The lowest BCUT2D eigenvalue weighted by Crippen LogP contribution is -2.14. The first kappa shape index (κ1) is 23.8. The molecule has 5 N–H and O–H groups in total. The SMILES string of the molecule is COc1cc2c(Nc3cccc(CO)c3C)c(C(N)=O)cnc2cc1OCCCC1CCNC1. The van der Waals surface area contributed by atoms with Crippen LogP contribution in [0.3, 0.4) is 0 Å². The highest BCUT2D eigenvalue weighted by Gasteiger charge is 2.18. The van der Waals surface area contributed by atoms with Gasteiger partial charge in [0.15, 0.2) is 11.5 Å². The summed E-state index contributed by atoms with van der Waals surface area (Å²) in [6.07, 6.45) is 4.79. The van der Waals surface area contributed by atoms with E-state index in [2.05, 4.69) is 15.6 Å². The molecule has 1 fully saturated rings. The normalized spacial score (nSPS) is 15.4. The second-order valence-electron chi connectivity index (χ2n) is 8.65. The van der Waals surface area contributed by atoms with Crippen molar-refractivity contribution in [1.82, 2.24) is 10.3 Å². The van der Waals surface area contributed by atoms with Crippen LogP contribution in [0.25, 0.3) is 10.9 Å². The molecular formula is C26H32N4O4. The van der Waals surface area contributed by atoms with Crippen molar-refractivity contribution < 1.29 is 19.4 Å². The fraction of sp³-hybridized carbons (Fsp3) is 0.385. The molecule has 4 rings (SSSR count). The van der Waals surface area contributed by atoms with Crippen LogP contribution in [0.4, 0.5) is 11.4 Å². The number of amides is 1. The molecule has 1 atom stereocenters. The highest BCUT2D eigenvalue weighted by Crippen LogP contribution is 2.38. The molecule has 0 aliphatic carbocycles. The third-order valence-corrected chi connectivity index (χ3v) is 6.47. The first-order chi connectivity index (χ1) is 16.5. The van der Waals surface area contributed by atoms with Gasteiger partial charge in [-0.2, -0.15) is 0 Å². The monoisotopic (exact) mass is 464 g/mol. The number of rotatable bonds is 10. The largest absolute Gasteiger partial charge is 0.493 e. The zero-order chi connectivity index (χ0) is 24.1. The number of methoxy groups -OCH3 is 1. The summed E-state index contributed by atoms with van der Waals surface area (Å²) in [5, 5.41) is 17.0. The Balaban J connectivity index is 1.65. The lowest BCUT2D eigenvalue weighted by molar-refractivity contribution is 0.100. The minimum absolute atomic E-state index is 0.0765. The first-order valence-electron chi connectivity index (χ1n) is 11.6. The third kappa shape index (κ3) is 5.08. The third-order valence-electron chi connectivity index (χ3n) is 6.47. The maximum Gasteiger partial charge on any atom is 0.252 e. The van der Waals surface area contributed by atoms with Crippen molar-refractivity contribution in [3.8, 4) is 11.5 Å². The molecule has 1 aliphatic rings. The van der Waals surface area contributed by atoms with Gasteiger partial charge in [0.2, 0.25) is 0 Å². The predicted molar refractivity (Wildman–Crippen MR) is 133 cm³/mol. The van der Waals surface area contributed by atoms with E-state index < -0.39 is 5.91 Å². The second-order valence-corrected chi connectivity index (χ2v) is 8.65. The predicted octanol–water partition coefficient (Wildman–Crippen LogP) is 3.66. The fourth-order valence-electron chi connectivity index (χ4n) is 4.43. The standard InChI is InChI=1S/C26H32N4O4/c1-16-18(15-31)6-3-7-21(16)30-25-19-11-23(33-2)24(12-22(19)29-14-20(25)26(27)32)34-10-4-5-17-8-9-28-13-17/h3,6-7,11-12,14,17,28,31H,4-5,8-10,13,15H2,1-2H3,(H2,27,32)(H,29,30). The summed E-state index contributed by atoms with van der Waals surface area (Å²) in [7, 11) is 1.59. The van der Waals surface area contributed by atoms with Gasteiger partial charge in [0.1, 0.15) is 0 Å². The number of pyridine rings is 1. The number of anilines is 2. The Hall–Kier alpha value is -3.36. The van der Waals surface area contributed by atoms with Gasteiger partial charge in [-0.25, -0.2) is 0 Å². The number of fused-ring (bicyclic) bond motifs is 1. The molecule has 1 aliphatic heterocycles. The van der Waals surface area contributed by atoms with Crippen molar-refractivity contribution in [3.05, 3.63) is 53.2 Å². The number of nitrogens with zero attached hydrogens (tertiary/aromatic N) is 1. The van der Waals surface area contributed by atoms with Gasteiger partial charge < -0.3 is 30.9 Å². The summed E-state index contributed by atoms with van der Waals surface area (Å²) in [6.45, 7) is 4.61. The first-order valence-corrected chi connectivity index (χ1v) is 11.6. The Morgan fingerprint density at radius 2 is 2.18 bits per heavy atom. The molecule has 34 heavy (non-hydrogen) atoms. The van der Waals surface area contributed by atoms with Crippen LogP contribution in [0.15, 0.2) is 36.5 Å². The number of nitrogens with one attached hydrogen (secondary N) is 2. The molecule has 1 unspecified atom stereocenters. The lowest BCUT2D eigenvalue weighted by Gasteiger charge is -2.18. The molecule has 1 aromatic heterocycles. The van der Waals surface area contributed by atoms with Crippen LogP contribution in [0.2, 0.25) is 0 Å².